The molecule has 0 fully saturated rings. The second-order valence-electron chi connectivity index (χ2n) is 10.1. The molecule has 0 bridgehead atoms. The van der Waals surface area contributed by atoms with Crippen LogP contribution in [0, 0.1) is 0 Å². The van der Waals surface area contributed by atoms with Gasteiger partial charge in [-0.15, -0.1) is 11.3 Å². The number of hydrogen-bond acceptors (Lipinski definition) is 5. The molecule has 3 aromatic heterocycles. The summed E-state index contributed by atoms with van der Waals surface area (Å²) >= 11 is 1.71. The second kappa shape index (κ2) is 9.97. The molecule has 5 heteroatoms. The van der Waals surface area contributed by atoms with E-state index in [1.807, 2.05) is 36.4 Å². The molecule has 0 aliphatic carbocycles. The van der Waals surface area contributed by atoms with Gasteiger partial charge in [0.25, 0.3) is 0 Å². The van der Waals surface area contributed by atoms with Gasteiger partial charge < -0.3 is 4.42 Å². The molecule has 9 rings (SSSR count). The standard InChI is InChI=1S/C39H23N3OS/c1-3-11-24(12-4-1)37-40-38(25-13-5-2-6-14-25)42-39(41-37)30-18-10-19-33-35(30)31-23-26(21-22-32(31)43-33)27-16-9-17-29-28-15-7-8-20-34(28)44-36(27)29/h1-23H/i1D,2D,3D,4D,5D,6D,11D,12D,13D,14D. The minimum atomic E-state index is -0.610. The topological polar surface area (TPSA) is 51.8 Å². The fraction of sp³-hybridized carbons (Fsp3) is 0. The van der Waals surface area contributed by atoms with E-state index in [0.717, 1.165) is 26.6 Å². The minimum Gasteiger partial charge on any atom is -0.456 e. The van der Waals surface area contributed by atoms with Gasteiger partial charge in [-0.2, -0.15) is 0 Å². The lowest BCUT2D eigenvalue weighted by molar-refractivity contribution is 0.669. The molecule has 0 radical (unpaired) electrons. The summed E-state index contributed by atoms with van der Waals surface area (Å²) < 4.78 is 92.7. The predicted octanol–water partition coefficient (Wildman–Crippen LogP) is 10.8. The molecule has 44 heavy (non-hydrogen) atoms. The Balaban J connectivity index is 1.33. The Labute approximate surface area is 271 Å². The summed E-state index contributed by atoms with van der Waals surface area (Å²) in [6, 6.07) is 19.7. The maximum atomic E-state index is 8.67. The van der Waals surface area contributed by atoms with E-state index in [2.05, 4.69) is 39.2 Å². The maximum absolute atomic E-state index is 8.67. The van der Waals surface area contributed by atoms with Crippen LogP contribution in [0.2, 0.25) is 0 Å². The van der Waals surface area contributed by atoms with Gasteiger partial charge in [0, 0.05) is 47.6 Å². The van der Waals surface area contributed by atoms with Crippen molar-refractivity contribution in [1.29, 1.82) is 0 Å². The van der Waals surface area contributed by atoms with Crippen LogP contribution in [0.1, 0.15) is 13.7 Å². The van der Waals surface area contributed by atoms with Crippen molar-refractivity contribution in [1.82, 2.24) is 15.0 Å². The average Bonchev–Trinajstić information content (AvgIpc) is 3.76. The highest BCUT2D eigenvalue weighted by atomic mass is 32.1. The lowest BCUT2D eigenvalue weighted by Gasteiger charge is -2.09. The number of hydrogen-bond donors (Lipinski definition) is 0. The molecule has 0 spiro atoms. The van der Waals surface area contributed by atoms with E-state index < -0.39 is 60.4 Å². The third kappa shape index (κ3) is 4.02. The summed E-state index contributed by atoms with van der Waals surface area (Å²) in [6.45, 7) is 0. The Kier molecular flexibility index (Phi) is 3.82. The van der Waals surface area contributed by atoms with Gasteiger partial charge in [-0.1, -0.05) is 115 Å². The van der Waals surface area contributed by atoms with Gasteiger partial charge in [0.2, 0.25) is 0 Å². The fourth-order valence-electron chi connectivity index (χ4n) is 5.60. The molecule has 0 saturated carbocycles. The highest BCUT2D eigenvalue weighted by Crippen LogP contribution is 2.42. The second-order valence-corrected chi connectivity index (χ2v) is 11.1. The van der Waals surface area contributed by atoms with Crippen LogP contribution in [0.5, 0.6) is 0 Å². The summed E-state index contributed by atoms with van der Waals surface area (Å²) in [5.74, 6) is -0.694. The van der Waals surface area contributed by atoms with Crippen molar-refractivity contribution in [3.63, 3.8) is 0 Å². The van der Waals surface area contributed by atoms with Gasteiger partial charge in [0.1, 0.15) is 11.2 Å². The molecule has 9 aromatic rings. The summed E-state index contributed by atoms with van der Waals surface area (Å²) in [6.07, 6.45) is 0. The van der Waals surface area contributed by atoms with Crippen LogP contribution in [-0.4, -0.2) is 15.0 Å². The third-order valence-corrected chi connectivity index (χ3v) is 8.75. The molecule has 0 atom stereocenters. The van der Waals surface area contributed by atoms with Crippen LogP contribution >= 0.6 is 11.3 Å². The summed E-state index contributed by atoms with van der Waals surface area (Å²) in [7, 11) is 0. The number of nitrogens with zero attached hydrogens (tertiary/aromatic N) is 3. The van der Waals surface area contributed by atoms with Gasteiger partial charge in [-0.05, 0) is 35.4 Å². The molecule has 0 saturated heterocycles. The number of furan rings is 1. The molecular weight excluding hydrogens is 559 g/mol. The highest BCUT2D eigenvalue weighted by Gasteiger charge is 2.19. The number of fused-ring (bicyclic) bond motifs is 6. The first-order chi connectivity index (χ1) is 25.9. The largest absolute Gasteiger partial charge is 0.456 e. The molecule has 0 aliphatic rings. The van der Waals surface area contributed by atoms with Crippen molar-refractivity contribution >= 4 is 53.4 Å². The molecule has 4 nitrogen and oxygen atoms in total. The van der Waals surface area contributed by atoms with Gasteiger partial charge in [0.05, 0.1) is 13.7 Å². The summed E-state index contributed by atoms with van der Waals surface area (Å²) in [4.78, 5) is 13.7. The van der Waals surface area contributed by atoms with Crippen molar-refractivity contribution in [3.8, 4) is 45.3 Å². The lowest BCUT2D eigenvalue weighted by Crippen LogP contribution is -2.00. The zero-order chi connectivity index (χ0) is 37.7. The molecule has 0 unspecified atom stereocenters. The number of thiophene rings is 1. The van der Waals surface area contributed by atoms with Crippen molar-refractivity contribution in [2.75, 3.05) is 0 Å². The van der Waals surface area contributed by atoms with Gasteiger partial charge in [0.15, 0.2) is 17.5 Å². The first-order valence-corrected chi connectivity index (χ1v) is 14.5. The first-order valence-electron chi connectivity index (χ1n) is 18.7. The van der Waals surface area contributed by atoms with Crippen LogP contribution in [0.15, 0.2) is 144 Å². The minimum absolute atomic E-state index is 0.0288. The van der Waals surface area contributed by atoms with Gasteiger partial charge in [-0.3, -0.25) is 0 Å². The summed E-state index contributed by atoms with van der Waals surface area (Å²) in [5, 5.41) is 3.67. The van der Waals surface area contributed by atoms with Crippen molar-refractivity contribution in [2.24, 2.45) is 0 Å². The first kappa shape index (κ1) is 16.8. The van der Waals surface area contributed by atoms with E-state index in [4.69, 9.17) is 18.1 Å². The Morgan fingerprint density at radius 3 is 1.95 bits per heavy atom. The highest BCUT2D eigenvalue weighted by molar-refractivity contribution is 7.26. The van der Waals surface area contributed by atoms with Gasteiger partial charge in [-0.25, -0.2) is 15.0 Å². The summed E-state index contributed by atoms with van der Waals surface area (Å²) in [5.41, 5.74) is 2.81. The smallest absolute Gasteiger partial charge is 0.164 e. The zero-order valence-corrected chi connectivity index (χ0v) is 23.5. The lowest BCUT2D eigenvalue weighted by atomic mass is 9.99. The number of aromatic nitrogens is 3. The Morgan fingerprint density at radius 1 is 0.523 bits per heavy atom. The van der Waals surface area contributed by atoms with Crippen LogP contribution < -0.4 is 0 Å². The van der Waals surface area contributed by atoms with Crippen molar-refractivity contribution < 1.29 is 18.1 Å². The van der Waals surface area contributed by atoms with Crippen LogP contribution in [0.4, 0.5) is 0 Å². The Morgan fingerprint density at radius 2 is 1.18 bits per heavy atom. The van der Waals surface area contributed by atoms with E-state index in [-0.39, 0.29) is 28.6 Å². The van der Waals surface area contributed by atoms with Crippen LogP contribution in [0.25, 0.3) is 87.4 Å². The molecule has 6 aromatic carbocycles. The molecule has 0 amide bonds. The average molecular weight is 592 g/mol. The monoisotopic (exact) mass is 591 g/mol. The predicted molar refractivity (Wildman–Crippen MR) is 182 cm³/mol. The third-order valence-electron chi connectivity index (χ3n) is 7.53. The molecular formula is C39H23N3OS. The normalized spacial score (nSPS) is 14.8. The van der Waals surface area contributed by atoms with Crippen LogP contribution in [0.3, 0.4) is 0 Å². The van der Waals surface area contributed by atoms with Gasteiger partial charge >= 0.3 is 0 Å². The van der Waals surface area contributed by atoms with Crippen molar-refractivity contribution in [3.05, 3.63) is 139 Å². The van der Waals surface area contributed by atoms with E-state index in [0.29, 0.717) is 22.1 Å². The Hall–Kier alpha value is -5.65. The van der Waals surface area contributed by atoms with E-state index in [9.17, 15) is 0 Å². The SMILES string of the molecule is [2H]c1c([2H])c([2H])c(-c2nc(-c3c([2H])c([2H])c([2H])c([2H])c3[2H])nc(-c3cccc4oc5ccc(-c6cccc7c6sc6ccccc67)cc5c34)n2)c([2H])c1[2H]. The number of benzene rings is 6. The molecule has 3 heterocycles. The maximum Gasteiger partial charge on any atom is 0.164 e. The van der Waals surface area contributed by atoms with Crippen molar-refractivity contribution in [2.45, 2.75) is 0 Å². The Bertz CT molecular complexity index is 2940. The fourth-order valence-corrected chi connectivity index (χ4v) is 6.84. The molecule has 0 N–H and O–H groups in total. The quantitative estimate of drug-likeness (QED) is 0.204. The van der Waals surface area contributed by atoms with E-state index >= 15 is 0 Å². The van der Waals surface area contributed by atoms with E-state index in [1.54, 1.807) is 29.5 Å². The number of rotatable bonds is 4. The van der Waals surface area contributed by atoms with E-state index in [1.165, 1.54) is 10.1 Å². The molecule has 0 aliphatic heterocycles. The van der Waals surface area contributed by atoms with Crippen LogP contribution in [-0.2, 0) is 0 Å². The molecule has 206 valence electrons. The zero-order valence-electron chi connectivity index (χ0n) is 32.7.